The molecule has 1 fully saturated rings. The number of hydrogen-bond donors (Lipinski definition) is 2. The third-order valence-electron chi connectivity index (χ3n) is 3.78. The Morgan fingerprint density at radius 1 is 1.15 bits per heavy atom. The molecule has 3 N–H and O–H groups in total. The Labute approximate surface area is 82.3 Å². The van der Waals surface area contributed by atoms with Crippen LogP contribution < -0.4 is 11.1 Å². The van der Waals surface area contributed by atoms with Crippen LogP contribution in [0.15, 0.2) is 0 Å². The van der Waals surface area contributed by atoms with Crippen LogP contribution in [0.5, 0.6) is 0 Å². The first-order valence-corrected chi connectivity index (χ1v) is 5.11. The quantitative estimate of drug-likeness (QED) is 0.701. The van der Waals surface area contributed by atoms with Crippen LogP contribution in [0.1, 0.15) is 41.5 Å². The maximum atomic E-state index is 5.93. The molecular formula is C11H24N2. The third-order valence-corrected chi connectivity index (χ3v) is 3.78. The second-order valence-corrected chi connectivity index (χ2v) is 6.25. The fourth-order valence-electron chi connectivity index (χ4n) is 2.07. The highest BCUT2D eigenvalue weighted by atomic mass is 15.1. The lowest BCUT2D eigenvalue weighted by atomic mass is 10.0. The molecule has 0 atom stereocenters. The Morgan fingerprint density at radius 3 is 1.77 bits per heavy atom. The molecule has 0 spiro atoms. The van der Waals surface area contributed by atoms with Crippen LogP contribution in [-0.2, 0) is 0 Å². The molecule has 0 radical (unpaired) electrons. The highest BCUT2D eigenvalue weighted by Gasteiger charge is 2.64. The molecule has 0 saturated heterocycles. The lowest BCUT2D eigenvalue weighted by Gasteiger charge is -2.20. The van der Waals surface area contributed by atoms with E-state index in [9.17, 15) is 0 Å². The van der Waals surface area contributed by atoms with Gasteiger partial charge < -0.3 is 11.1 Å². The summed E-state index contributed by atoms with van der Waals surface area (Å²) in [6, 6.07) is 0.614. The number of nitrogens with one attached hydrogen (secondary N) is 1. The summed E-state index contributed by atoms with van der Waals surface area (Å²) in [7, 11) is 0. The average Bonchev–Trinajstić information content (AvgIpc) is 2.19. The van der Waals surface area contributed by atoms with Crippen molar-refractivity contribution in [2.75, 3.05) is 6.54 Å². The van der Waals surface area contributed by atoms with E-state index in [1.54, 1.807) is 0 Å². The second-order valence-electron chi connectivity index (χ2n) is 6.25. The van der Waals surface area contributed by atoms with Gasteiger partial charge in [-0.1, -0.05) is 27.7 Å². The van der Waals surface area contributed by atoms with Gasteiger partial charge in [0.15, 0.2) is 0 Å². The molecule has 0 heterocycles. The van der Waals surface area contributed by atoms with Crippen LogP contribution in [0.2, 0.25) is 0 Å². The Bertz CT molecular complexity index is 185. The average molecular weight is 184 g/mol. The maximum absolute atomic E-state index is 5.93. The van der Waals surface area contributed by atoms with E-state index in [1.165, 1.54) is 0 Å². The van der Waals surface area contributed by atoms with E-state index < -0.39 is 0 Å². The number of rotatable bonds is 3. The van der Waals surface area contributed by atoms with E-state index in [-0.39, 0.29) is 5.54 Å². The molecule has 1 rings (SSSR count). The molecule has 1 aliphatic carbocycles. The Hall–Kier alpha value is -0.0800. The van der Waals surface area contributed by atoms with Crippen molar-refractivity contribution in [2.24, 2.45) is 16.6 Å². The lowest BCUT2D eigenvalue weighted by molar-refractivity contribution is 0.439. The minimum absolute atomic E-state index is 0.102. The first-order valence-electron chi connectivity index (χ1n) is 5.11. The van der Waals surface area contributed by atoms with Gasteiger partial charge in [0.25, 0.3) is 0 Å². The van der Waals surface area contributed by atoms with Crippen LogP contribution in [0.3, 0.4) is 0 Å². The molecule has 0 aliphatic heterocycles. The molecular weight excluding hydrogens is 160 g/mol. The summed E-state index contributed by atoms with van der Waals surface area (Å²) in [6.07, 6.45) is 0. The van der Waals surface area contributed by atoms with Gasteiger partial charge in [0.2, 0.25) is 0 Å². The van der Waals surface area contributed by atoms with Gasteiger partial charge in [0, 0.05) is 18.1 Å². The smallest absolute Gasteiger partial charge is 0.0223 e. The van der Waals surface area contributed by atoms with Gasteiger partial charge in [-0.25, -0.2) is 0 Å². The zero-order chi connectivity index (χ0) is 10.5. The summed E-state index contributed by atoms with van der Waals surface area (Å²) in [5.74, 6) is 0. The molecule has 1 aliphatic rings. The van der Waals surface area contributed by atoms with Crippen LogP contribution in [0.25, 0.3) is 0 Å². The third kappa shape index (κ3) is 1.89. The van der Waals surface area contributed by atoms with Gasteiger partial charge in [-0.3, -0.25) is 0 Å². The summed E-state index contributed by atoms with van der Waals surface area (Å²) in [6.45, 7) is 14.3. The van der Waals surface area contributed by atoms with Crippen molar-refractivity contribution in [3.8, 4) is 0 Å². The van der Waals surface area contributed by atoms with Gasteiger partial charge in [0.05, 0.1) is 0 Å². The Morgan fingerprint density at radius 2 is 1.54 bits per heavy atom. The molecule has 0 aromatic rings. The lowest BCUT2D eigenvalue weighted by Crippen LogP contribution is -2.44. The molecule has 0 bridgehead atoms. The second kappa shape index (κ2) is 2.71. The Kier molecular flexibility index (Phi) is 2.29. The van der Waals surface area contributed by atoms with Crippen LogP contribution in [-0.4, -0.2) is 18.1 Å². The maximum Gasteiger partial charge on any atom is 0.0223 e. The standard InChI is InChI=1S/C11H24N2/c1-9(2,12)7-13-8-10(3,4)11(8,5)6/h8,13H,7,12H2,1-6H3. The Balaban J connectivity index is 2.43. The molecule has 0 aromatic carbocycles. The van der Waals surface area contributed by atoms with Crippen LogP contribution >= 0.6 is 0 Å². The molecule has 78 valence electrons. The van der Waals surface area contributed by atoms with E-state index in [4.69, 9.17) is 5.73 Å². The van der Waals surface area contributed by atoms with E-state index in [1.807, 2.05) is 0 Å². The predicted molar refractivity (Wildman–Crippen MR) is 57.6 cm³/mol. The molecule has 1 saturated carbocycles. The highest BCUT2D eigenvalue weighted by Crippen LogP contribution is 2.62. The van der Waals surface area contributed by atoms with Crippen LogP contribution in [0, 0.1) is 10.8 Å². The van der Waals surface area contributed by atoms with Crippen molar-refractivity contribution in [3.05, 3.63) is 0 Å². The molecule has 2 nitrogen and oxygen atoms in total. The zero-order valence-corrected chi connectivity index (χ0v) is 9.86. The predicted octanol–water partition coefficient (Wildman–Crippen LogP) is 1.75. The summed E-state index contributed by atoms with van der Waals surface area (Å²) < 4.78 is 0. The number of nitrogens with two attached hydrogens (primary N) is 1. The van der Waals surface area contributed by atoms with E-state index in [0.29, 0.717) is 16.9 Å². The van der Waals surface area contributed by atoms with Gasteiger partial charge in [-0.05, 0) is 24.7 Å². The van der Waals surface area contributed by atoms with E-state index in [2.05, 4.69) is 46.9 Å². The van der Waals surface area contributed by atoms with Crippen molar-refractivity contribution in [1.29, 1.82) is 0 Å². The van der Waals surface area contributed by atoms with Crippen molar-refractivity contribution in [1.82, 2.24) is 5.32 Å². The largest absolute Gasteiger partial charge is 0.324 e. The normalized spacial score (nSPS) is 26.1. The first kappa shape index (κ1) is 11.0. The minimum Gasteiger partial charge on any atom is -0.324 e. The fraction of sp³-hybridized carbons (Fsp3) is 1.00. The van der Waals surface area contributed by atoms with Crippen molar-refractivity contribution >= 4 is 0 Å². The molecule has 0 aromatic heterocycles. The minimum atomic E-state index is -0.102. The van der Waals surface area contributed by atoms with Gasteiger partial charge in [-0.15, -0.1) is 0 Å². The molecule has 13 heavy (non-hydrogen) atoms. The molecule has 0 amide bonds. The van der Waals surface area contributed by atoms with Crippen molar-refractivity contribution in [2.45, 2.75) is 53.1 Å². The fourth-order valence-corrected chi connectivity index (χ4v) is 2.07. The van der Waals surface area contributed by atoms with Crippen molar-refractivity contribution < 1.29 is 0 Å². The highest BCUT2D eigenvalue weighted by molar-refractivity contribution is 5.18. The molecule has 2 heteroatoms. The van der Waals surface area contributed by atoms with E-state index in [0.717, 1.165) is 6.54 Å². The van der Waals surface area contributed by atoms with Crippen LogP contribution in [0.4, 0.5) is 0 Å². The summed E-state index contributed by atoms with van der Waals surface area (Å²) >= 11 is 0. The monoisotopic (exact) mass is 184 g/mol. The van der Waals surface area contributed by atoms with E-state index >= 15 is 0 Å². The zero-order valence-electron chi connectivity index (χ0n) is 9.86. The van der Waals surface area contributed by atoms with Gasteiger partial charge >= 0.3 is 0 Å². The SMILES string of the molecule is CC(C)(N)CNC1C(C)(C)C1(C)C. The first-order chi connectivity index (χ1) is 5.59. The number of hydrogen-bond acceptors (Lipinski definition) is 2. The van der Waals surface area contributed by atoms with Gasteiger partial charge in [-0.2, -0.15) is 0 Å². The summed E-state index contributed by atoms with van der Waals surface area (Å²) in [5, 5.41) is 3.55. The van der Waals surface area contributed by atoms with Crippen molar-refractivity contribution in [3.63, 3.8) is 0 Å². The van der Waals surface area contributed by atoms with Gasteiger partial charge in [0.1, 0.15) is 0 Å². The topological polar surface area (TPSA) is 38.0 Å². The summed E-state index contributed by atoms with van der Waals surface area (Å²) in [5.41, 5.74) is 6.65. The molecule has 0 unspecified atom stereocenters. The summed E-state index contributed by atoms with van der Waals surface area (Å²) in [4.78, 5) is 0.